The van der Waals surface area contributed by atoms with Gasteiger partial charge in [-0.1, -0.05) is 77.1 Å². The Labute approximate surface area is 163 Å². The van der Waals surface area contributed by atoms with Crippen LogP contribution in [0.25, 0.3) is 0 Å². The highest BCUT2D eigenvalue weighted by Gasteiger charge is 2.32. The topological polar surface area (TPSA) is 0 Å². The van der Waals surface area contributed by atoms with Crippen molar-refractivity contribution in [2.45, 2.75) is 104 Å². The van der Waals surface area contributed by atoms with Crippen LogP contribution in [0.1, 0.15) is 108 Å². The minimum absolute atomic E-state index is 0.743. The Balaban J connectivity index is 1.46. The van der Waals surface area contributed by atoms with E-state index in [1.807, 2.05) is 0 Å². The average Bonchev–Trinajstić information content (AvgIpc) is 2.69. The van der Waals surface area contributed by atoms with Crippen LogP contribution in [0.5, 0.6) is 0 Å². The summed E-state index contributed by atoms with van der Waals surface area (Å²) in [4.78, 5) is 0. The number of benzene rings is 1. The highest BCUT2D eigenvalue weighted by molar-refractivity contribution is 5.25. The Morgan fingerprint density at radius 1 is 0.769 bits per heavy atom. The summed E-state index contributed by atoms with van der Waals surface area (Å²) in [7, 11) is 0. The minimum Gasteiger partial charge on any atom is -0.0654 e. The summed E-state index contributed by atoms with van der Waals surface area (Å²) >= 11 is 0. The molecule has 146 valence electrons. The Hall–Kier alpha value is -0.780. The zero-order valence-electron chi connectivity index (χ0n) is 17.7. The largest absolute Gasteiger partial charge is 0.0654 e. The van der Waals surface area contributed by atoms with E-state index in [0.29, 0.717) is 0 Å². The van der Waals surface area contributed by atoms with Crippen molar-refractivity contribution in [3.8, 4) is 0 Å². The van der Waals surface area contributed by atoms with Gasteiger partial charge in [0, 0.05) is 0 Å². The fourth-order valence-corrected chi connectivity index (χ4v) is 6.02. The maximum absolute atomic E-state index is 2.48. The van der Waals surface area contributed by atoms with Gasteiger partial charge in [0.15, 0.2) is 0 Å². The van der Waals surface area contributed by atoms with Gasteiger partial charge >= 0.3 is 0 Å². The zero-order chi connectivity index (χ0) is 18.4. The predicted molar refractivity (Wildman–Crippen MR) is 115 cm³/mol. The molecule has 26 heavy (non-hydrogen) atoms. The Bertz CT molecular complexity index is 497. The lowest BCUT2D eigenvalue weighted by molar-refractivity contribution is 0.137. The van der Waals surface area contributed by atoms with E-state index in [0.717, 1.165) is 29.6 Å². The Morgan fingerprint density at radius 2 is 1.35 bits per heavy atom. The first-order chi connectivity index (χ1) is 12.7. The summed E-state index contributed by atoms with van der Waals surface area (Å²) in [6.07, 6.45) is 17.4. The smallest absolute Gasteiger partial charge is 0.0162 e. The predicted octanol–water partition coefficient (Wildman–Crippen LogP) is 8.16. The van der Waals surface area contributed by atoms with Crippen LogP contribution >= 0.6 is 0 Å². The van der Waals surface area contributed by atoms with E-state index in [1.54, 1.807) is 5.56 Å². The van der Waals surface area contributed by atoms with Crippen LogP contribution in [0, 0.1) is 23.7 Å². The summed E-state index contributed by atoms with van der Waals surface area (Å²) in [6, 6.07) is 9.57. The van der Waals surface area contributed by atoms with E-state index >= 15 is 0 Å². The van der Waals surface area contributed by atoms with Gasteiger partial charge in [-0.2, -0.15) is 0 Å². The molecule has 1 unspecified atom stereocenters. The van der Waals surface area contributed by atoms with Gasteiger partial charge in [0.1, 0.15) is 0 Å². The summed E-state index contributed by atoms with van der Waals surface area (Å²) in [5.74, 6) is 4.83. The second-order valence-electron chi connectivity index (χ2n) is 9.52. The van der Waals surface area contributed by atoms with Gasteiger partial charge in [0.25, 0.3) is 0 Å². The molecule has 0 radical (unpaired) electrons. The molecule has 0 aromatic heterocycles. The lowest BCUT2D eigenvalue weighted by atomic mass is 9.66. The first-order valence-electron chi connectivity index (χ1n) is 11.8. The first-order valence-corrected chi connectivity index (χ1v) is 11.8. The molecule has 1 atom stereocenters. The third-order valence-electron chi connectivity index (χ3n) is 7.82. The number of hydrogen-bond acceptors (Lipinski definition) is 0. The average molecular weight is 355 g/mol. The molecule has 0 N–H and O–H groups in total. The van der Waals surface area contributed by atoms with Crippen LogP contribution < -0.4 is 0 Å². The molecule has 0 spiro atoms. The van der Waals surface area contributed by atoms with Gasteiger partial charge in [0.2, 0.25) is 0 Å². The minimum atomic E-state index is 0.743. The van der Waals surface area contributed by atoms with Gasteiger partial charge in [-0.3, -0.25) is 0 Å². The van der Waals surface area contributed by atoms with E-state index in [-0.39, 0.29) is 0 Å². The number of aryl methyl sites for hydroxylation is 1. The molecule has 1 aromatic carbocycles. The van der Waals surface area contributed by atoms with E-state index in [9.17, 15) is 0 Å². The summed E-state index contributed by atoms with van der Waals surface area (Å²) < 4.78 is 0. The third kappa shape index (κ3) is 5.14. The summed E-state index contributed by atoms with van der Waals surface area (Å²) in [6.45, 7) is 7.10. The molecule has 0 nitrogen and oxygen atoms in total. The van der Waals surface area contributed by atoms with Crippen LogP contribution in [0.15, 0.2) is 24.3 Å². The SMILES string of the molecule is CCCc1ccc(C(C)C2CCC(C3CCC(CCC)CC3)CC2)cc1. The molecule has 0 bridgehead atoms. The fourth-order valence-electron chi connectivity index (χ4n) is 6.02. The highest BCUT2D eigenvalue weighted by atomic mass is 14.4. The molecule has 2 aliphatic rings. The van der Waals surface area contributed by atoms with Gasteiger partial charge in [-0.25, -0.2) is 0 Å². The molecule has 0 heterocycles. The lowest BCUT2D eigenvalue weighted by Gasteiger charge is -2.39. The lowest BCUT2D eigenvalue weighted by Crippen LogP contribution is -2.27. The quantitative estimate of drug-likeness (QED) is 0.463. The van der Waals surface area contributed by atoms with Crippen molar-refractivity contribution in [1.82, 2.24) is 0 Å². The molecule has 1 aromatic rings. The van der Waals surface area contributed by atoms with E-state index < -0.39 is 0 Å². The maximum Gasteiger partial charge on any atom is -0.0162 e. The second kappa shape index (κ2) is 9.95. The molecule has 3 rings (SSSR count). The fraction of sp³-hybridized carbons (Fsp3) is 0.769. The van der Waals surface area contributed by atoms with Gasteiger partial charge in [-0.15, -0.1) is 0 Å². The van der Waals surface area contributed by atoms with Crippen molar-refractivity contribution >= 4 is 0 Å². The normalized spacial score (nSPS) is 30.9. The van der Waals surface area contributed by atoms with Crippen molar-refractivity contribution in [3.63, 3.8) is 0 Å². The monoisotopic (exact) mass is 354 g/mol. The van der Waals surface area contributed by atoms with Crippen LogP contribution in [0.3, 0.4) is 0 Å². The molecule has 0 saturated heterocycles. The van der Waals surface area contributed by atoms with Crippen LogP contribution in [0.4, 0.5) is 0 Å². The molecule has 0 heteroatoms. The first kappa shape index (κ1) is 20.0. The van der Waals surface area contributed by atoms with Crippen LogP contribution in [-0.2, 0) is 6.42 Å². The highest BCUT2D eigenvalue weighted by Crippen LogP contribution is 2.45. The van der Waals surface area contributed by atoms with Crippen molar-refractivity contribution in [2.24, 2.45) is 23.7 Å². The Kier molecular flexibility index (Phi) is 7.64. The van der Waals surface area contributed by atoms with Gasteiger partial charge in [-0.05, 0) is 85.7 Å². The van der Waals surface area contributed by atoms with E-state index in [2.05, 4.69) is 45.0 Å². The molecular formula is C26H42. The van der Waals surface area contributed by atoms with Crippen molar-refractivity contribution in [2.75, 3.05) is 0 Å². The van der Waals surface area contributed by atoms with Gasteiger partial charge < -0.3 is 0 Å². The number of rotatable bonds is 7. The molecule has 2 saturated carbocycles. The molecule has 2 fully saturated rings. The molecule has 2 aliphatic carbocycles. The maximum atomic E-state index is 2.48. The zero-order valence-corrected chi connectivity index (χ0v) is 17.7. The van der Waals surface area contributed by atoms with Crippen molar-refractivity contribution in [3.05, 3.63) is 35.4 Å². The number of hydrogen-bond donors (Lipinski definition) is 0. The summed E-state index contributed by atoms with van der Waals surface area (Å²) in [5, 5.41) is 0. The molecule has 0 aliphatic heterocycles. The van der Waals surface area contributed by atoms with Crippen molar-refractivity contribution < 1.29 is 0 Å². The van der Waals surface area contributed by atoms with Crippen LogP contribution in [-0.4, -0.2) is 0 Å². The van der Waals surface area contributed by atoms with Crippen molar-refractivity contribution in [1.29, 1.82) is 0 Å². The molecular weight excluding hydrogens is 312 g/mol. The van der Waals surface area contributed by atoms with E-state index in [4.69, 9.17) is 0 Å². The van der Waals surface area contributed by atoms with Gasteiger partial charge in [0.05, 0.1) is 0 Å². The third-order valence-corrected chi connectivity index (χ3v) is 7.82. The Morgan fingerprint density at radius 3 is 1.88 bits per heavy atom. The van der Waals surface area contributed by atoms with E-state index in [1.165, 1.54) is 82.6 Å². The summed E-state index contributed by atoms with van der Waals surface area (Å²) in [5.41, 5.74) is 3.08. The van der Waals surface area contributed by atoms with Crippen LogP contribution in [0.2, 0.25) is 0 Å². The molecule has 0 amide bonds. The standard InChI is InChI=1S/C26H42/c1-4-6-21-8-12-23(13-9-21)20(3)24-16-18-26(19-17-24)25-14-10-22(7-5-2)11-15-25/h8-9,12-13,20,22,24-26H,4-7,10-11,14-19H2,1-3H3. The second-order valence-corrected chi connectivity index (χ2v) is 9.52.